The maximum absolute atomic E-state index is 4.68. The fraction of sp³-hybridized carbons (Fsp3) is 0.318. The van der Waals surface area contributed by atoms with Crippen molar-refractivity contribution in [3.8, 4) is 0 Å². The molecule has 3 aromatic rings. The first kappa shape index (κ1) is 17.5. The Labute approximate surface area is 160 Å². The van der Waals surface area contributed by atoms with Gasteiger partial charge < -0.3 is 10.2 Å². The van der Waals surface area contributed by atoms with E-state index in [1.54, 1.807) is 6.20 Å². The van der Waals surface area contributed by atoms with Gasteiger partial charge in [-0.2, -0.15) is 10.1 Å². The van der Waals surface area contributed by atoms with Crippen LogP contribution in [-0.4, -0.2) is 21.7 Å². The number of benzene rings is 2. The molecular weight excluding hydrogens is 334 g/mol. The van der Waals surface area contributed by atoms with Crippen molar-refractivity contribution in [2.45, 2.75) is 39.2 Å². The first-order valence-corrected chi connectivity index (χ1v) is 9.38. The average molecular weight is 359 g/mol. The third-order valence-corrected chi connectivity index (χ3v) is 5.01. The van der Waals surface area contributed by atoms with Crippen LogP contribution in [0.2, 0.25) is 0 Å². The predicted molar refractivity (Wildman–Crippen MR) is 109 cm³/mol. The van der Waals surface area contributed by atoms with Gasteiger partial charge in [-0.3, -0.25) is 0 Å². The Balaban J connectivity index is 1.50. The van der Waals surface area contributed by atoms with E-state index in [-0.39, 0.29) is 5.41 Å². The van der Waals surface area contributed by atoms with Gasteiger partial charge in [0.05, 0.1) is 6.20 Å². The smallest absolute Gasteiger partial charge is 0.249 e. The third-order valence-electron chi connectivity index (χ3n) is 5.01. The van der Waals surface area contributed by atoms with E-state index < -0.39 is 0 Å². The SMILES string of the molecule is CC(C)(C)c1ccc(Nc2nncc(N3CCc4ccccc4C3)n2)cc1. The van der Waals surface area contributed by atoms with Crippen molar-refractivity contribution in [2.24, 2.45) is 0 Å². The maximum Gasteiger partial charge on any atom is 0.249 e. The van der Waals surface area contributed by atoms with Crippen LogP contribution < -0.4 is 10.2 Å². The molecule has 0 bridgehead atoms. The average Bonchev–Trinajstić information content (AvgIpc) is 2.67. The number of anilines is 3. The zero-order chi connectivity index (χ0) is 18.9. The molecule has 0 aliphatic carbocycles. The van der Waals surface area contributed by atoms with E-state index in [1.165, 1.54) is 16.7 Å². The minimum absolute atomic E-state index is 0.140. The highest BCUT2D eigenvalue weighted by molar-refractivity contribution is 5.55. The summed E-state index contributed by atoms with van der Waals surface area (Å²) < 4.78 is 0. The molecule has 27 heavy (non-hydrogen) atoms. The molecule has 1 aliphatic rings. The van der Waals surface area contributed by atoms with Crippen molar-refractivity contribution in [3.05, 3.63) is 71.4 Å². The highest BCUT2D eigenvalue weighted by Gasteiger charge is 2.18. The Kier molecular flexibility index (Phi) is 4.52. The van der Waals surface area contributed by atoms with E-state index >= 15 is 0 Å². The van der Waals surface area contributed by atoms with Crippen LogP contribution in [-0.2, 0) is 18.4 Å². The van der Waals surface area contributed by atoms with Crippen LogP contribution in [0.15, 0.2) is 54.7 Å². The molecule has 0 unspecified atom stereocenters. The molecule has 5 heteroatoms. The summed E-state index contributed by atoms with van der Waals surface area (Å²) in [4.78, 5) is 6.93. The number of nitrogens with zero attached hydrogens (tertiary/aromatic N) is 4. The standard InChI is InChI=1S/C22H25N5/c1-22(2,3)18-8-10-19(11-9-18)24-21-25-20(14-23-26-21)27-13-12-16-6-4-5-7-17(16)15-27/h4-11,14H,12-13,15H2,1-3H3,(H,24,25,26). The van der Waals surface area contributed by atoms with Crippen LogP contribution in [0.1, 0.15) is 37.5 Å². The summed E-state index contributed by atoms with van der Waals surface area (Å²) in [6.07, 6.45) is 2.76. The van der Waals surface area contributed by atoms with E-state index in [9.17, 15) is 0 Å². The molecule has 1 aliphatic heterocycles. The maximum atomic E-state index is 4.68. The molecule has 0 radical (unpaired) electrons. The zero-order valence-electron chi connectivity index (χ0n) is 16.1. The molecule has 138 valence electrons. The second-order valence-electron chi connectivity index (χ2n) is 8.03. The van der Waals surface area contributed by atoms with E-state index in [1.807, 2.05) is 0 Å². The monoisotopic (exact) mass is 359 g/mol. The van der Waals surface area contributed by atoms with Gasteiger partial charge in [0, 0.05) is 18.8 Å². The number of nitrogens with one attached hydrogen (secondary N) is 1. The normalized spacial score (nSPS) is 14.0. The molecule has 0 amide bonds. The van der Waals surface area contributed by atoms with Gasteiger partial charge in [0.2, 0.25) is 5.95 Å². The van der Waals surface area contributed by atoms with Crippen molar-refractivity contribution in [2.75, 3.05) is 16.8 Å². The van der Waals surface area contributed by atoms with Gasteiger partial charge in [-0.25, -0.2) is 0 Å². The van der Waals surface area contributed by atoms with E-state index in [4.69, 9.17) is 0 Å². The Morgan fingerprint density at radius 1 is 0.963 bits per heavy atom. The predicted octanol–water partition coefficient (Wildman–Crippen LogP) is 4.48. The van der Waals surface area contributed by atoms with E-state index in [2.05, 4.69) is 94.7 Å². The summed E-state index contributed by atoms with van der Waals surface area (Å²) in [5.41, 5.74) is 5.18. The van der Waals surface area contributed by atoms with E-state index in [0.29, 0.717) is 5.95 Å². The molecule has 5 nitrogen and oxygen atoms in total. The highest BCUT2D eigenvalue weighted by Crippen LogP contribution is 2.25. The zero-order valence-corrected chi connectivity index (χ0v) is 16.1. The Morgan fingerprint density at radius 2 is 1.70 bits per heavy atom. The first-order chi connectivity index (χ1) is 13.0. The quantitative estimate of drug-likeness (QED) is 0.747. The van der Waals surface area contributed by atoms with Crippen LogP contribution >= 0.6 is 0 Å². The fourth-order valence-corrected chi connectivity index (χ4v) is 3.37. The number of hydrogen-bond donors (Lipinski definition) is 1. The van der Waals surface area contributed by atoms with Crippen molar-refractivity contribution in [1.29, 1.82) is 0 Å². The van der Waals surface area contributed by atoms with Gasteiger partial charge >= 0.3 is 0 Å². The minimum Gasteiger partial charge on any atom is -0.350 e. The molecule has 2 heterocycles. The number of fused-ring (bicyclic) bond motifs is 1. The van der Waals surface area contributed by atoms with Gasteiger partial charge in [0.25, 0.3) is 0 Å². The number of aromatic nitrogens is 3. The molecular formula is C22H25N5. The van der Waals surface area contributed by atoms with Crippen LogP contribution in [0, 0.1) is 0 Å². The summed E-state index contributed by atoms with van der Waals surface area (Å²) in [6, 6.07) is 17.0. The summed E-state index contributed by atoms with van der Waals surface area (Å²) >= 11 is 0. The van der Waals surface area contributed by atoms with Crippen molar-refractivity contribution < 1.29 is 0 Å². The van der Waals surface area contributed by atoms with Crippen molar-refractivity contribution in [3.63, 3.8) is 0 Å². The van der Waals surface area contributed by atoms with Crippen LogP contribution in [0.4, 0.5) is 17.5 Å². The molecule has 0 saturated carbocycles. The Hall–Kier alpha value is -2.95. The second kappa shape index (κ2) is 6.99. The molecule has 0 saturated heterocycles. The van der Waals surface area contributed by atoms with Gasteiger partial charge in [-0.15, -0.1) is 5.10 Å². The minimum atomic E-state index is 0.140. The lowest BCUT2D eigenvalue weighted by Crippen LogP contribution is -2.31. The highest BCUT2D eigenvalue weighted by atomic mass is 15.3. The van der Waals surface area contributed by atoms with Crippen LogP contribution in [0.3, 0.4) is 0 Å². The van der Waals surface area contributed by atoms with Gasteiger partial charge in [-0.1, -0.05) is 57.2 Å². The van der Waals surface area contributed by atoms with Crippen molar-refractivity contribution >= 4 is 17.5 Å². The fourth-order valence-electron chi connectivity index (χ4n) is 3.37. The lowest BCUT2D eigenvalue weighted by Gasteiger charge is -2.29. The molecule has 0 fully saturated rings. The third kappa shape index (κ3) is 3.92. The summed E-state index contributed by atoms with van der Waals surface area (Å²) in [7, 11) is 0. The van der Waals surface area contributed by atoms with Crippen LogP contribution in [0.25, 0.3) is 0 Å². The Bertz CT molecular complexity index is 928. The molecule has 1 N–H and O–H groups in total. The largest absolute Gasteiger partial charge is 0.350 e. The van der Waals surface area contributed by atoms with Gasteiger partial charge in [-0.05, 0) is 40.7 Å². The lowest BCUT2D eigenvalue weighted by molar-refractivity contribution is 0.590. The number of rotatable bonds is 3. The summed E-state index contributed by atoms with van der Waals surface area (Å²) in [5.74, 6) is 1.38. The lowest BCUT2D eigenvalue weighted by atomic mass is 9.87. The van der Waals surface area contributed by atoms with Crippen molar-refractivity contribution in [1.82, 2.24) is 15.2 Å². The molecule has 1 aromatic heterocycles. The van der Waals surface area contributed by atoms with Gasteiger partial charge in [0.15, 0.2) is 5.82 Å². The number of hydrogen-bond acceptors (Lipinski definition) is 5. The summed E-state index contributed by atoms with van der Waals surface area (Å²) in [6.45, 7) is 8.43. The van der Waals surface area contributed by atoms with Crippen LogP contribution in [0.5, 0.6) is 0 Å². The molecule has 0 atom stereocenters. The molecule has 0 spiro atoms. The molecule has 4 rings (SSSR count). The van der Waals surface area contributed by atoms with Gasteiger partial charge in [0.1, 0.15) is 0 Å². The second-order valence-corrected chi connectivity index (χ2v) is 8.03. The topological polar surface area (TPSA) is 53.9 Å². The Morgan fingerprint density at radius 3 is 2.44 bits per heavy atom. The van der Waals surface area contributed by atoms with E-state index in [0.717, 1.165) is 31.0 Å². The molecule has 2 aromatic carbocycles. The first-order valence-electron chi connectivity index (χ1n) is 9.38. The summed E-state index contributed by atoms with van der Waals surface area (Å²) in [5, 5.41) is 11.6.